The number of nitrogens with zero attached hydrogens (tertiary/aromatic N) is 3. The second kappa shape index (κ2) is 13.5. The fraction of sp³-hybridized carbons (Fsp3) is 0.379. The van der Waals surface area contributed by atoms with Gasteiger partial charge in [0.2, 0.25) is 11.8 Å². The monoisotopic (exact) mass is 654 g/mol. The first-order valence-corrected chi connectivity index (χ1v) is 15.3. The van der Waals surface area contributed by atoms with Gasteiger partial charge in [-0.25, -0.2) is 8.78 Å². The molecule has 1 fully saturated rings. The van der Waals surface area contributed by atoms with Gasteiger partial charge in [0.05, 0.1) is 41.7 Å². The summed E-state index contributed by atoms with van der Waals surface area (Å²) >= 11 is 0. The second-order valence-corrected chi connectivity index (χ2v) is 12.1. The Morgan fingerprint density at radius 1 is 1.13 bits per heavy atom. The molecule has 0 saturated carbocycles. The molecule has 3 aromatic rings. The van der Waals surface area contributed by atoms with E-state index in [9.17, 15) is 40.9 Å². The summed E-state index contributed by atoms with van der Waals surface area (Å²) in [6.07, 6.45) is -6.43. The first kappa shape index (κ1) is 33.8. The number of likely N-dealkylation sites (tertiary alicyclic amines) is 1. The Labute approximate surface area is 254 Å². The summed E-state index contributed by atoms with van der Waals surface area (Å²) in [6.45, 7) is 1.51. The number of halogens is 5. The van der Waals surface area contributed by atoms with Crippen molar-refractivity contribution in [1.29, 1.82) is 5.26 Å². The molecule has 240 valence electrons. The lowest BCUT2D eigenvalue weighted by atomic mass is 10.1. The van der Waals surface area contributed by atoms with Crippen molar-refractivity contribution in [3.05, 3.63) is 65.1 Å². The van der Waals surface area contributed by atoms with E-state index in [4.69, 9.17) is 14.3 Å². The number of alkyl halides is 4. The van der Waals surface area contributed by atoms with Gasteiger partial charge in [0, 0.05) is 30.1 Å². The number of aromatic nitrogens is 1. The van der Waals surface area contributed by atoms with Crippen LogP contribution in [0.25, 0.3) is 10.9 Å². The van der Waals surface area contributed by atoms with Crippen LogP contribution in [0.4, 0.5) is 22.0 Å². The molecule has 0 radical (unpaired) electrons. The molecule has 1 aliphatic rings. The van der Waals surface area contributed by atoms with Gasteiger partial charge in [-0.2, -0.15) is 18.4 Å². The van der Waals surface area contributed by atoms with Crippen LogP contribution in [0.3, 0.4) is 0 Å². The summed E-state index contributed by atoms with van der Waals surface area (Å²) in [7, 11) is -3.93. The molecule has 1 N–H and O–H groups in total. The molecule has 1 aliphatic heterocycles. The Bertz CT molecular complexity index is 1710. The molecule has 2 aromatic carbocycles. The van der Waals surface area contributed by atoms with Gasteiger partial charge in [-0.05, 0) is 32.0 Å². The van der Waals surface area contributed by atoms with E-state index in [0.29, 0.717) is 0 Å². The van der Waals surface area contributed by atoms with Gasteiger partial charge in [-0.15, -0.1) is 0 Å². The third kappa shape index (κ3) is 7.08. The molecule has 2 heterocycles. The van der Waals surface area contributed by atoms with Crippen LogP contribution in [0.5, 0.6) is 0 Å². The SMILES string of the molecule is CCOP(=O)(OCC)c1ccc2c(C(=O)C(F)(F)F)cn(CC(=O)N3C[C@H](F)C[C@H]3C(=O)NCc3cccc(C#N)c3F)c2c1. The highest BCUT2D eigenvalue weighted by molar-refractivity contribution is 7.62. The number of ketones is 1. The van der Waals surface area contributed by atoms with Gasteiger partial charge < -0.3 is 23.8 Å². The number of carbonyl (C=O) groups is 3. The van der Waals surface area contributed by atoms with Crippen LogP contribution in [0.15, 0.2) is 42.6 Å². The van der Waals surface area contributed by atoms with Crippen molar-refractivity contribution in [3.63, 3.8) is 0 Å². The fourth-order valence-corrected chi connectivity index (χ4v) is 6.68. The zero-order valence-corrected chi connectivity index (χ0v) is 25.0. The van der Waals surface area contributed by atoms with Gasteiger partial charge in [0.15, 0.2) is 0 Å². The zero-order valence-electron chi connectivity index (χ0n) is 24.1. The van der Waals surface area contributed by atoms with Crippen LogP contribution in [0, 0.1) is 17.1 Å². The fourth-order valence-electron chi connectivity index (χ4n) is 5.09. The van der Waals surface area contributed by atoms with Crippen LogP contribution >= 0.6 is 7.60 Å². The minimum absolute atomic E-state index is 0.0112. The Morgan fingerprint density at radius 3 is 2.44 bits per heavy atom. The minimum Gasteiger partial charge on any atom is -0.350 e. The smallest absolute Gasteiger partial charge is 0.350 e. The molecule has 10 nitrogen and oxygen atoms in total. The van der Waals surface area contributed by atoms with Crippen molar-refractivity contribution in [1.82, 2.24) is 14.8 Å². The Hall–Kier alpha value is -4.12. The van der Waals surface area contributed by atoms with Crippen molar-refractivity contribution in [2.24, 2.45) is 0 Å². The van der Waals surface area contributed by atoms with E-state index in [1.165, 1.54) is 30.3 Å². The lowest BCUT2D eigenvalue weighted by molar-refractivity contribution is -0.139. The summed E-state index contributed by atoms with van der Waals surface area (Å²) in [4.78, 5) is 39.6. The van der Waals surface area contributed by atoms with E-state index in [-0.39, 0.29) is 47.1 Å². The maximum absolute atomic E-state index is 14.5. The van der Waals surface area contributed by atoms with Crippen LogP contribution < -0.4 is 10.6 Å². The van der Waals surface area contributed by atoms with Gasteiger partial charge >= 0.3 is 13.8 Å². The molecule has 0 aliphatic carbocycles. The molecule has 0 spiro atoms. The van der Waals surface area contributed by atoms with Crippen molar-refractivity contribution in [2.45, 2.75) is 51.7 Å². The van der Waals surface area contributed by atoms with Gasteiger partial charge in [-0.3, -0.25) is 18.9 Å². The average molecular weight is 655 g/mol. The third-order valence-electron chi connectivity index (χ3n) is 7.11. The molecule has 4 rings (SSSR count). The molecule has 1 aromatic heterocycles. The van der Waals surface area contributed by atoms with E-state index in [1.807, 2.05) is 0 Å². The van der Waals surface area contributed by atoms with Crippen LogP contribution in [-0.4, -0.2) is 65.2 Å². The molecule has 2 amide bonds. The summed E-state index contributed by atoms with van der Waals surface area (Å²) in [6, 6.07) is 7.89. The quantitative estimate of drug-likeness (QED) is 0.183. The zero-order chi connectivity index (χ0) is 33.1. The predicted octanol–water partition coefficient (Wildman–Crippen LogP) is 4.54. The van der Waals surface area contributed by atoms with Crippen molar-refractivity contribution < 1.29 is 49.9 Å². The molecule has 45 heavy (non-hydrogen) atoms. The largest absolute Gasteiger partial charge is 0.454 e. The Balaban J connectivity index is 1.65. The summed E-state index contributed by atoms with van der Waals surface area (Å²) in [5.41, 5.74) is -1.12. The second-order valence-electron chi connectivity index (χ2n) is 10.0. The minimum atomic E-state index is -5.25. The number of carbonyl (C=O) groups excluding carboxylic acids is 3. The molecule has 16 heteroatoms. The lowest BCUT2D eigenvalue weighted by Crippen LogP contribution is -2.46. The van der Waals surface area contributed by atoms with E-state index >= 15 is 0 Å². The number of fused-ring (bicyclic) bond motifs is 1. The van der Waals surface area contributed by atoms with Gasteiger partial charge in [0.1, 0.15) is 30.6 Å². The highest BCUT2D eigenvalue weighted by Crippen LogP contribution is 2.47. The van der Waals surface area contributed by atoms with E-state index < -0.39 is 74.5 Å². The van der Waals surface area contributed by atoms with Crippen molar-refractivity contribution in [2.75, 3.05) is 19.8 Å². The third-order valence-corrected chi connectivity index (χ3v) is 9.22. The number of nitrogens with one attached hydrogen (secondary N) is 1. The van der Waals surface area contributed by atoms with E-state index in [1.54, 1.807) is 19.9 Å². The lowest BCUT2D eigenvalue weighted by Gasteiger charge is -2.24. The molecule has 0 bridgehead atoms. The standard InChI is InChI=1S/C29H28F5N4O6P/c1-3-43-45(42,44-4-2)20-8-9-21-22(27(40)29(32,33)34)15-37(23(21)11-20)16-25(39)38-14-19(30)10-24(38)28(41)36-13-18-7-5-6-17(12-35)26(18)31/h5-9,11,15,19,24H,3-4,10,13-14,16H2,1-2H3,(H,36,41)/t19-,24+/m1/s1. The predicted molar refractivity (Wildman–Crippen MR) is 151 cm³/mol. The molecule has 1 saturated heterocycles. The van der Waals surface area contributed by atoms with Crippen LogP contribution in [-0.2, 0) is 36.3 Å². The van der Waals surface area contributed by atoms with Crippen LogP contribution in [0.2, 0.25) is 0 Å². The summed E-state index contributed by atoms with van der Waals surface area (Å²) < 4.78 is 94.3. The number of Topliss-reactive ketones (excluding diaryl/α,β-unsaturated/α-hetero) is 1. The molecular formula is C29H28F5N4O6P. The average Bonchev–Trinajstić information content (AvgIpc) is 3.56. The summed E-state index contributed by atoms with van der Waals surface area (Å²) in [5.74, 6) is -4.70. The molecule has 0 unspecified atom stereocenters. The van der Waals surface area contributed by atoms with E-state index in [2.05, 4.69) is 5.32 Å². The van der Waals surface area contributed by atoms with Gasteiger partial charge in [-0.1, -0.05) is 18.2 Å². The highest BCUT2D eigenvalue weighted by Gasteiger charge is 2.42. The number of nitriles is 1. The number of rotatable bonds is 11. The number of benzene rings is 2. The maximum Gasteiger partial charge on any atom is 0.454 e. The van der Waals surface area contributed by atoms with Gasteiger partial charge in [0.25, 0.3) is 5.78 Å². The van der Waals surface area contributed by atoms with Crippen molar-refractivity contribution >= 4 is 41.4 Å². The molecule has 2 atom stereocenters. The highest BCUT2D eigenvalue weighted by atomic mass is 31.2. The topological polar surface area (TPSA) is 131 Å². The first-order valence-electron chi connectivity index (χ1n) is 13.8. The van der Waals surface area contributed by atoms with Crippen LogP contribution in [0.1, 0.15) is 41.8 Å². The summed E-state index contributed by atoms with van der Waals surface area (Å²) in [5, 5.41) is 11.2. The normalized spacial score (nSPS) is 17.0. The first-order chi connectivity index (χ1) is 21.2. The van der Waals surface area contributed by atoms with Crippen molar-refractivity contribution in [3.8, 4) is 6.07 Å². The number of amides is 2. The Kier molecular flexibility index (Phi) is 10.1. The Morgan fingerprint density at radius 2 is 1.82 bits per heavy atom. The van der Waals surface area contributed by atoms with E-state index in [0.717, 1.165) is 21.7 Å². The maximum atomic E-state index is 14.5. The number of hydrogen-bond acceptors (Lipinski definition) is 7. The number of hydrogen-bond donors (Lipinski definition) is 1. The molecular weight excluding hydrogens is 626 g/mol.